The van der Waals surface area contributed by atoms with Gasteiger partial charge in [-0.25, -0.2) is 9.97 Å². The van der Waals surface area contributed by atoms with E-state index in [0.717, 1.165) is 36.7 Å². The average Bonchev–Trinajstić information content (AvgIpc) is 2.48. The summed E-state index contributed by atoms with van der Waals surface area (Å²) in [6.45, 7) is 8.98. The van der Waals surface area contributed by atoms with E-state index in [4.69, 9.17) is 5.73 Å². The number of nitrogens with zero attached hydrogens (tertiary/aromatic N) is 3. The van der Waals surface area contributed by atoms with E-state index in [1.54, 1.807) is 6.33 Å². The third-order valence-electron chi connectivity index (χ3n) is 4.19. The minimum atomic E-state index is 0.616. The van der Waals surface area contributed by atoms with Gasteiger partial charge in [0.15, 0.2) is 0 Å². The summed E-state index contributed by atoms with van der Waals surface area (Å²) in [5.41, 5.74) is 7.02. The lowest BCUT2D eigenvalue weighted by Gasteiger charge is -2.31. The highest BCUT2D eigenvalue weighted by Crippen LogP contribution is 2.21. The number of nitrogens with two attached hydrogens (primary N) is 1. The van der Waals surface area contributed by atoms with E-state index in [0.29, 0.717) is 5.82 Å². The van der Waals surface area contributed by atoms with Gasteiger partial charge in [-0.05, 0) is 44.8 Å². The highest BCUT2D eigenvalue weighted by Gasteiger charge is 2.18. The van der Waals surface area contributed by atoms with Crippen molar-refractivity contribution in [2.24, 2.45) is 5.92 Å². The van der Waals surface area contributed by atoms with E-state index in [9.17, 15) is 0 Å². The molecule has 0 amide bonds. The van der Waals surface area contributed by atoms with Gasteiger partial charge in [-0.1, -0.05) is 20.3 Å². The second kappa shape index (κ2) is 7.43. The maximum Gasteiger partial charge on any atom is 0.134 e. The predicted octanol–water partition coefficient (Wildman–Crippen LogP) is 2.16. The average molecular weight is 277 g/mol. The van der Waals surface area contributed by atoms with E-state index >= 15 is 0 Å². The van der Waals surface area contributed by atoms with Gasteiger partial charge in [-0.2, -0.15) is 0 Å². The molecule has 1 aromatic heterocycles. The van der Waals surface area contributed by atoms with Gasteiger partial charge in [-0.15, -0.1) is 0 Å². The molecule has 3 N–H and O–H groups in total. The molecule has 0 unspecified atom stereocenters. The molecule has 0 bridgehead atoms. The normalized spacial score (nSPS) is 17.3. The van der Waals surface area contributed by atoms with Crippen LogP contribution in [0, 0.1) is 5.92 Å². The van der Waals surface area contributed by atoms with Crippen LogP contribution in [0.2, 0.25) is 0 Å². The standard InChI is InChI=1S/C15H27N5/c1-3-5-13-14(16)18-11-19-15(13)17-10-12-6-8-20(4-2)9-7-12/h11-12H,3-10H2,1-2H3,(H3,16,17,18,19). The zero-order chi connectivity index (χ0) is 14.4. The van der Waals surface area contributed by atoms with Crippen LogP contribution in [0.3, 0.4) is 0 Å². The van der Waals surface area contributed by atoms with Crippen LogP contribution in [0.15, 0.2) is 6.33 Å². The Kier molecular flexibility index (Phi) is 5.59. The predicted molar refractivity (Wildman–Crippen MR) is 83.8 cm³/mol. The Morgan fingerprint density at radius 2 is 2.05 bits per heavy atom. The van der Waals surface area contributed by atoms with Crippen LogP contribution in [0.25, 0.3) is 0 Å². The fourth-order valence-electron chi connectivity index (χ4n) is 2.82. The summed E-state index contributed by atoms with van der Waals surface area (Å²) in [7, 11) is 0. The molecule has 1 aliphatic heterocycles. The maximum absolute atomic E-state index is 5.95. The summed E-state index contributed by atoms with van der Waals surface area (Å²) in [5.74, 6) is 2.28. The maximum atomic E-state index is 5.95. The molecule has 0 aliphatic carbocycles. The summed E-state index contributed by atoms with van der Waals surface area (Å²) in [6, 6.07) is 0. The van der Waals surface area contributed by atoms with Crippen molar-refractivity contribution in [2.75, 3.05) is 37.2 Å². The zero-order valence-electron chi connectivity index (χ0n) is 12.7. The molecule has 0 spiro atoms. The van der Waals surface area contributed by atoms with Gasteiger partial charge in [-0.3, -0.25) is 0 Å². The second-order valence-corrected chi connectivity index (χ2v) is 5.59. The minimum Gasteiger partial charge on any atom is -0.383 e. The molecule has 2 rings (SSSR count). The number of likely N-dealkylation sites (tertiary alicyclic amines) is 1. The van der Waals surface area contributed by atoms with Crippen LogP contribution in [-0.2, 0) is 6.42 Å². The first-order chi connectivity index (χ1) is 9.74. The quantitative estimate of drug-likeness (QED) is 0.834. The molecule has 5 nitrogen and oxygen atoms in total. The summed E-state index contributed by atoms with van der Waals surface area (Å²) in [4.78, 5) is 11.0. The summed E-state index contributed by atoms with van der Waals surface area (Å²) in [6.07, 6.45) is 6.08. The van der Waals surface area contributed by atoms with Crippen molar-refractivity contribution < 1.29 is 0 Å². The molecule has 1 saturated heterocycles. The summed E-state index contributed by atoms with van der Waals surface area (Å²) >= 11 is 0. The molecular weight excluding hydrogens is 250 g/mol. The van der Waals surface area contributed by atoms with Gasteiger partial charge in [0, 0.05) is 12.1 Å². The van der Waals surface area contributed by atoms with Gasteiger partial charge < -0.3 is 16.0 Å². The summed E-state index contributed by atoms with van der Waals surface area (Å²) in [5, 5.41) is 3.49. The van der Waals surface area contributed by atoms with Crippen LogP contribution >= 0.6 is 0 Å². The number of hydrogen-bond acceptors (Lipinski definition) is 5. The second-order valence-electron chi connectivity index (χ2n) is 5.59. The molecule has 1 aromatic rings. The van der Waals surface area contributed by atoms with Crippen LogP contribution in [-0.4, -0.2) is 41.0 Å². The summed E-state index contributed by atoms with van der Waals surface area (Å²) < 4.78 is 0. The number of piperidine rings is 1. The van der Waals surface area contributed by atoms with E-state index in [2.05, 4.69) is 34.0 Å². The van der Waals surface area contributed by atoms with Crippen molar-refractivity contribution in [1.29, 1.82) is 0 Å². The fraction of sp³-hybridized carbons (Fsp3) is 0.733. The molecule has 112 valence electrons. The Balaban J connectivity index is 1.89. The lowest BCUT2D eigenvalue weighted by molar-refractivity contribution is 0.198. The Labute approximate surface area is 122 Å². The Morgan fingerprint density at radius 1 is 1.30 bits per heavy atom. The molecule has 0 atom stereocenters. The van der Waals surface area contributed by atoms with Crippen LogP contribution in [0.5, 0.6) is 0 Å². The number of nitrogens with one attached hydrogen (secondary N) is 1. The molecular formula is C15H27N5. The van der Waals surface area contributed by atoms with Crippen LogP contribution in [0.1, 0.15) is 38.7 Å². The number of aromatic nitrogens is 2. The van der Waals surface area contributed by atoms with Crippen LogP contribution < -0.4 is 11.1 Å². The monoisotopic (exact) mass is 277 g/mol. The number of rotatable bonds is 6. The SMILES string of the molecule is CCCc1c(N)ncnc1NCC1CCN(CC)CC1. The minimum absolute atomic E-state index is 0.616. The van der Waals surface area contributed by atoms with Gasteiger partial charge in [0.1, 0.15) is 18.0 Å². The highest BCUT2D eigenvalue weighted by molar-refractivity contribution is 5.54. The van der Waals surface area contributed by atoms with E-state index < -0.39 is 0 Å². The first kappa shape index (κ1) is 15.0. The van der Waals surface area contributed by atoms with Gasteiger partial charge in [0.05, 0.1) is 0 Å². The zero-order valence-corrected chi connectivity index (χ0v) is 12.7. The molecule has 2 heterocycles. The van der Waals surface area contributed by atoms with Crippen LogP contribution in [0.4, 0.5) is 11.6 Å². The third kappa shape index (κ3) is 3.82. The molecule has 1 fully saturated rings. The third-order valence-corrected chi connectivity index (χ3v) is 4.19. The van der Waals surface area contributed by atoms with E-state index in [-0.39, 0.29) is 0 Å². The molecule has 1 aliphatic rings. The largest absolute Gasteiger partial charge is 0.383 e. The van der Waals surface area contributed by atoms with Gasteiger partial charge in [0.2, 0.25) is 0 Å². The van der Waals surface area contributed by atoms with Gasteiger partial charge >= 0.3 is 0 Å². The molecule has 0 saturated carbocycles. The van der Waals surface area contributed by atoms with E-state index in [1.165, 1.54) is 32.5 Å². The Bertz CT molecular complexity index is 413. The first-order valence-corrected chi connectivity index (χ1v) is 7.80. The van der Waals surface area contributed by atoms with Crippen molar-refractivity contribution in [2.45, 2.75) is 39.5 Å². The molecule has 0 radical (unpaired) electrons. The van der Waals surface area contributed by atoms with Crippen molar-refractivity contribution in [1.82, 2.24) is 14.9 Å². The van der Waals surface area contributed by atoms with Gasteiger partial charge in [0.25, 0.3) is 0 Å². The lowest BCUT2D eigenvalue weighted by Crippen LogP contribution is -2.35. The highest BCUT2D eigenvalue weighted by atomic mass is 15.1. The Morgan fingerprint density at radius 3 is 2.70 bits per heavy atom. The molecule has 0 aromatic carbocycles. The van der Waals surface area contributed by atoms with Crippen molar-refractivity contribution in [3.8, 4) is 0 Å². The molecule has 20 heavy (non-hydrogen) atoms. The van der Waals surface area contributed by atoms with Crippen molar-refractivity contribution in [3.63, 3.8) is 0 Å². The number of anilines is 2. The fourth-order valence-corrected chi connectivity index (χ4v) is 2.82. The number of hydrogen-bond donors (Lipinski definition) is 2. The lowest BCUT2D eigenvalue weighted by atomic mass is 9.97. The topological polar surface area (TPSA) is 67.1 Å². The Hall–Kier alpha value is -1.36. The molecule has 5 heteroatoms. The van der Waals surface area contributed by atoms with Crippen molar-refractivity contribution in [3.05, 3.63) is 11.9 Å². The van der Waals surface area contributed by atoms with E-state index in [1.807, 2.05) is 0 Å². The number of nitrogen functional groups attached to an aromatic ring is 1. The smallest absolute Gasteiger partial charge is 0.134 e. The first-order valence-electron chi connectivity index (χ1n) is 7.80. The van der Waals surface area contributed by atoms with Crippen molar-refractivity contribution >= 4 is 11.6 Å².